The van der Waals surface area contributed by atoms with E-state index in [4.69, 9.17) is 21.3 Å². The Labute approximate surface area is 142 Å². The summed E-state index contributed by atoms with van der Waals surface area (Å²) in [6.45, 7) is 3.89. The van der Waals surface area contributed by atoms with Crippen LogP contribution in [-0.2, 0) is 0 Å². The number of hydrogen-bond donors (Lipinski definition) is 3. The maximum absolute atomic E-state index is 8.16. The molecule has 0 aliphatic heterocycles. The van der Waals surface area contributed by atoms with Gasteiger partial charge in [0, 0.05) is 12.0 Å². The van der Waals surface area contributed by atoms with Crippen LogP contribution in [0.5, 0.6) is 5.75 Å². The maximum atomic E-state index is 8.16. The molecule has 0 saturated carbocycles. The van der Waals surface area contributed by atoms with E-state index in [1.54, 1.807) is 22.9 Å². The molecule has 1 aliphatic rings. The quantitative estimate of drug-likeness (QED) is 0.597. The Hall–Kier alpha value is -2.40. The maximum Gasteiger partial charge on any atom is 0.137 e. The van der Waals surface area contributed by atoms with Crippen LogP contribution in [0.2, 0.25) is 0 Å². The van der Waals surface area contributed by atoms with Gasteiger partial charge in [-0.15, -0.1) is 0 Å². The van der Waals surface area contributed by atoms with E-state index in [2.05, 4.69) is 12.1 Å². The molecule has 126 valence electrons. The Morgan fingerprint density at radius 1 is 1.17 bits per heavy atom. The Kier molecular flexibility index (Phi) is 4.53. The molecule has 0 amide bonds. The average molecular weight is 324 g/mol. The number of nitrogens with zero attached hydrogens (tertiary/aromatic N) is 1. The molecule has 1 aromatic carbocycles. The van der Waals surface area contributed by atoms with Crippen LogP contribution in [0.25, 0.3) is 0 Å². The van der Waals surface area contributed by atoms with Gasteiger partial charge in [-0.05, 0) is 36.1 Å². The smallest absolute Gasteiger partial charge is 0.137 e. The Balaban J connectivity index is 1.90. The third-order valence-corrected chi connectivity index (χ3v) is 4.49. The molecule has 0 saturated heterocycles. The summed E-state index contributed by atoms with van der Waals surface area (Å²) < 4.78 is 7.77. The molecule has 1 aromatic heterocycles. The van der Waals surface area contributed by atoms with E-state index in [9.17, 15) is 0 Å². The molecular weight excluding hydrogens is 300 g/mol. The zero-order valence-electron chi connectivity index (χ0n) is 14.1. The minimum Gasteiger partial charge on any atom is -0.484 e. The monoisotopic (exact) mass is 324 g/mol. The van der Waals surface area contributed by atoms with Crippen LogP contribution in [0.4, 0.5) is 0 Å². The van der Waals surface area contributed by atoms with Crippen molar-refractivity contribution in [3.63, 3.8) is 0 Å². The van der Waals surface area contributed by atoms with Gasteiger partial charge in [-0.2, -0.15) is 0 Å². The lowest BCUT2D eigenvalue weighted by Gasteiger charge is -2.30. The van der Waals surface area contributed by atoms with E-state index in [0.717, 1.165) is 24.0 Å². The first-order chi connectivity index (χ1) is 11.5. The van der Waals surface area contributed by atoms with Gasteiger partial charge in [0.2, 0.25) is 0 Å². The van der Waals surface area contributed by atoms with Crippen LogP contribution in [0, 0.1) is 16.7 Å². The molecule has 4 N–H and O–H groups in total. The number of aromatic nitrogens is 1. The summed E-state index contributed by atoms with van der Waals surface area (Å²) in [7, 11) is 0. The average Bonchev–Trinajstić information content (AvgIpc) is 2.58. The Morgan fingerprint density at radius 3 is 2.58 bits per heavy atom. The Bertz CT molecular complexity index is 809. The van der Waals surface area contributed by atoms with Crippen molar-refractivity contribution in [2.45, 2.75) is 38.8 Å². The van der Waals surface area contributed by atoms with E-state index in [0.29, 0.717) is 11.6 Å². The van der Waals surface area contributed by atoms with Gasteiger partial charge < -0.3 is 10.5 Å². The van der Waals surface area contributed by atoms with Gasteiger partial charge in [0.1, 0.15) is 23.2 Å². The van der Waals surface area contributed by atoms with Crippen LogP contribution >= 0.6 is 0 Å². The SMILES string of the molecule is CC(C)C(=N)n1cc(OC2CCC(N)c3ccccc32)ccc1=N. The fourth-order valence-electron chi connectivity index (χ4n) is 3.10. The summed E-state index contributed by atoms with van der Waals surface area (Å²) in [5.74, 6) is 1.10. The van der Waals surface area contributed by atoms with Gasteiger partial charge in [0.15, 0.2) is 0 Å². The van der Waals surface area contributed by atoms with Gasteiger partial charge in [-0.25, -0.2) is 0 Å². The van der Waals surface area contributed by atoms with E-state index in [-0.39, 0.29) is 23.6 Å². The number of rotatable bonds is 3. The van der Waals surface area contributed by atoms with Crippen LogP contribution < -0.4 is 16.0 Å². The number of nitrogens with two attached hydrogens (primary N) is 1. The molecule has 1 aliphatic carbocycles. The summed E-state index contributed by atoms with van der Waals surface area (Å²) in [6.07, 6.45) is 3.45. The minimum atomic E-state index is -0.0423. The molecule has 24 heavy (non-hydrogen) atoms. The second-order valence-electron chi connectivity index (χ2n) is 6.58. The summed E-state index contributed by atoms with van der Waals surface area (Å²) in [5.41, 5.74) is 8.77. The van der Waals surface area contributed by atoms with Crippen molar-refractivity contribution in [2.24, 2.45) is 11.7 Å². The van der Waals surface area contributed by atoms with Crippen molar-refractivity contribution in [1.29, 1.82) is 10.8 Å². The van der Waals surface area contributed by atoms with Gasteiger partial charge in [-0.3, -0.25) is 15.4 Å². The van der Waals surface area contributed by atoms with Gasteiger partial charge in [0.25, 0.3) is 0 Å². The van der Waals surface area contributed by atoms with Gasteiger partial charge >= 0.3 is 0 Å². The molecule has 0 radical (unpaired) electrons. The largest absolute Gasteiger partial charge is 0.484 e. The highest BCUT2D eigenvalue weighted by molar-refractivity contribution is 5.83. The fraction of sp³-hybridized carbons (Fsp3) is 0.368. The topological polar surface area (TPSA) is 87.9 Å². The molecule has 0 spiro atoms. The van der Waals surface area contributed by atoms with Crippen molar-refractivity contribution in [3.05, 3.63) is 59.2 Å². The zero-order chi connectivity index (χ0) is 17.3. The second kappa shape index (κ2) is 6.61. The molecule has 2 aromatic rings. The molecule has 5 nitrogen and oxygen atoms in total. The lowest BCUT2D eigenvalue weighted by Crippen LogP contribution is -2.29. The van der Waals surface area contributed by atoms with Crippen molar-refractivity contribution in [2.75, 3.05) is 0 Å². The third kappa shape index (κ3) is 3.12. The Morgan fingerprint density at radius 2 is 1.88 bits per heavy atom. The van der Waals surface area contributed by atoms with Crippen LogP contribution in [0.1, 0.15) is 50.0 Å². The first kappa shape index (κ1) is 16.5. The predicted octanol–water partition coefficient (Wildman–Crippen LogP) is 3.36. The standard InChI is InChI=1S/C19H24N4O/c1-12(2)19(22)23-11-13(7-10-18(23)21)24-17-9-8-16(20)14-5-3-4-6-15(14)17/h3-7,10-12,16-17,21-22H,8-9,20H2,1-2H3. The van der Waals surface area contributed by atoms with Crippen molar-refractivity contribution in [3.8, 4) is 5.75 Å². The summed E-state index contributed by atoms with van der Waals surface area (Å²) in [4.78, 5) is 0. The van der Waals surface area contributed by atoms with E-state index < -0.39 is 0 Å². The highest BCUT2D eigenvalue weighted by atomic mass is 16.5. The minimum absolute atomic E-state index is 0.0423. The molecule has 0 fully saturated rings. The fourth-order valence-corrected chi connectivity index (χ4v) is 3.10. The first-order valence-electron chi connectivity index (χ1n) is 8.34. The summed E-state index contributed by atoms with van der Waals surface area (Å²) >= 11 is 0. The van der Waals surface area contributed by atoms with Crippen molar-refractivity contribution < 1.29 is 4.74 Å². The van der Waals surface area contributed by atoms with Crippen LogP contribution in [-0.4, -0.2) is 10.4 Å². The number of benzene rings is 1. The number of nitrogens with one attached hydrogen (secondary N) is 2. The molecule has 0 bridgehead atoms. The molecule has 2 atom stereocenters. The van der Waals surface area contributed by atoms with E-state index in [1.165, 1.54) is 0 Å². The van der Waals surface area contributed by atoms with Crippen LogP contribution in [0.15, 0.2) is 42.6 Å². The van der Waals surface area contributed by atoms with Crippen molar-refractivity contribution >= 4 is 5.84 Å². The number of ether oxygens (including phenoxy) is 1. The second-order valence-corrected chi connectivity index (χ2v) is 6.58. The van der Waals surface area contributed by atoms with Crippen LogP contribution in [0.3, 0.4) is 0 Å². The lowest BCUT2D eigenvalue weighted by molar-refractivity contribution is 0.176. The molecule has 1 heterocycles. The lowest BCUT2D eigenvalue weighted by atomic mass is 9.86. The number of fused-ring (bicyclic) bond motifs is 1. The normalized spacial score (nSPS) is 19.8. The molecule has 5 heteroatoms. The molecule has 2 unspecified atom stereocenters. The van der Waals surface area contributed by atoms with E-state index >= 15 is 0 Å². The predicted molar refractivity (Wildman–Crippen MR) is 94.2 cm³/mol. The highest BCUT2D eigenvalue weighted by Crippen LogP contribution is 2.37. The number of pyridine rings is 1. The van der Waals surface area contributed by atoms with Crippen molar-refractivity contribution in [1.82, 2.24) is 4.57 Å². The number of hydrogen-bond acceptors (Lipinski definition) is 4. The molecule has 3 rings (SSSR count). The van der Waals surface area contributed by atoms with Gasteiger partial charge in [0.05, 0.1) is 6.20 Å². The third-order valence-electron chi connectivity index (χ3n) is 4.49. The van der Waals surface area contributed by atoms with E-state index in [1.807, 2.05) is 26.0 Å². The summed E-state index contributed by atoms with van der Waals surface area (Å²) in [6, 6.07) is 11.7. The molecular formula is C19H24N4O. The first-order valence-corrected chi connectivity index (χ1v) is 8.34. The summed E-state index contributed by atoms with van der Waals surface area (Å²) in [5, 5.41) is 16.2. The van der Waals surface area contributed by atoms with Gasteiger partial charge in [-0.1, -0.05) is 38.1 Å². The highest BCUT2D eigenvalue weighted by Gasteiger charge is 2.26. The zero-order valence-corrected chi connectivity index (χ0v) is 14.1.